The lowest BCUT2D eigenvalue weighted by atomic mass is 10.1. The molecule has 3 amide bonds. The van der Waals surface area contributed by atoms with Crippen molar-refractivity contribution in [3.05, 3.63) is 59.0 Å². The first kappa shape index (κ1) is 22.4. The van der Waals surface area contributed by atoms with Crippen LogP contribution >= 0.6 is 11.8 Å². The lowest BCUT2D eigenvalue weighted by Gasteiger charge is -2.13. The van der Waals surface area contributed by atoms with Crippen LogP contribution < -0.4 is 14.8 Å². The molecule has 0 atom stereocenters. The standard InChI is InChI=1S/C23H24N2O5S/c1-15(2)14-30-19-7-5-4-6-16(19)12-20-22(27)25(23(28)31-20)13-21(26)24-17-8-10-18(29-3)11-9-17/h4-12,15H,13-14H2,1-3H3,(H,24,26)/b20-12+. The second-order valence-corrected chi connectivity index (χ2v) is 8.28. The molecule has 0 aliphatic carbocycles. The summed E-state index contributed by atoms with van der Waals surface area (Å²) < 4.78 is 10.9. The van der Waals surface area contributed by atoms with E-state index in [9.17, 15) is 14.4 Å². The second kappa shape index (κ2) is 10.2. The van der Waals surface area contributed by atoms with Crippen LogP contribution in [0.5, 0.6) is 11.5 Å². The van der Waals surface area contributed by atoms with Crippen molar-refractivity contribution in [2.45, 2.75) is 13.8 Å². The van der Waals surface area contributed by atoms with E-state index >= 15 is 0 Å². The van der Waals surface area contributed by atoms with Gasteiger partial charge >= 0.3 is 0 Å². The Morgan fingerprint density at radius 2 is 1.84 bits per heavy atom. The van der Waals surface area contributed by atoms with Crippen LogP contribution in [0.15, 0.2) is 53.4 Å². The monoisotopic (exact) mass is 440 g/mol. The van der Waals surface area contributed by atoms with E-state index < -0.39 is 17.1 Å². The highest BCUT2D eigenvalue weighted by Crippen LogP contribution is 2.34. The van der Waals surface area contributed by atoms with Crippen LogP contribution in [0.3, 0.4) is 0 Å². The van der Waals surface area contributed by atoms with Gasteiger partial charge in [0.2, 0.25) is 5.91 Å². The number of ether oxygens (including phenoxy) is 2. The number of hydrogen-bond donors (Lipinski definition) is 1. The van der Waals surface area contributed by atoms with Crippen LogP contribution in [0.2, 0.25) is 0 Å². The zero-order chi connectivity index (χ0) is 22.4. The lowest BCUT2D eigenvalue weighted by molar-refractivity contribution is -0.127. The number of amides is 3. The summed E-state index contributed by atoms with van der Waals surface area (Å²) >= 11 is 0.809. The fraction of sp³-hybridized carbons (Fsp3) is 0.261. The summed E-state index contributed by atoms with van der Waals surface area (Å²) in [4.78, 5) is 38.6. The van der Waals surface area contributed by atoms with Crippen LogP contribution in [-0.2, 0) is 9.59 Å². The Labute approximate surface area is 185 Å². The number of carbonyl (C=O) groups is 3. The van der Waals surface area contributed by atoms with Crippen LogP contribution in [0.1, 0.15) is 19.4 Å². The first-order valence-electron chi connectivity index (χ1n) is 9.78. The van der Waals surface area contributed by atoms with Crippen molar-refractivity contribution < 1.29 is 23.9 Å². The van der Waals surface area contributed by atoms with Crippen molar-refractivity contribution in [3.63, 3.8) is 0 Å². The zero-order valence-electron chi connectivity index (χ0n) is 17.6. The van der Waals surface area contributed by atoms with Gasteiger partial charge in [0.05, 0.1) is 18.6 Å². The van der Waals surface area contributed by atoms with Crippen LogP contribution in [0, 0.1) is 5.92 Å². The molecule has 3 rings (SSSR count). The van der Waals surface area contributed by atoms with Crippen molar-refractivity contribution >= 4 is 40.6 Å². The summed E-state index contributed by atoms with van der Waals surface area (Å²) in [6.45, 7) is 4.27. The van der Waals surface area contributed by atoms with E-state index in [1.54, 1.807) is 37.5 Å². The quantitative estimate of drug-likeness (QED) is 0.612. The molecule has 1 saturated heterocycles. The molecule has 1 heterocycles. The fourth-order valence-corrected chi connectivity index (χ4v) is 3.61. The molecule has 162 valence electrons. The maximum atomic E-state index is 12.7. The molecule has 0 radical (unpaired) electrons. The smallest absolute Gasteiger partial charge is 0.294 e. The third-order valence-electron chi connectivity index (χ3n) is 4.33. The van der Waals surface area contributed by atoms with Crippen LogP contribution in [0.25, 0.3) is 6.08 Å². The molecule has 1 aliphatic rings. The predicted molar refractivity (Wildman–Crippen MR) is 121 cm³/mol. The molecule has 1 fully saturated rings. The lowest BCUT2D eigenvalue weighted by Crippen LogP contribution is -2.36. The van der Waals surface area contributed by atoms with E-state index in [0.717, 1.165) is 16.7 Å². The van der Waals surface area contributed by atoms with Gasteiger partial charge in [0.25, 0.3) is 11.1 Å². The molecular weight excluding hydrogens is 416 g/mol. The SMILES string of the molecule is COc1ccc(NC(=O)CN2C(=O)S/C(=C/c3ccccc3OCC(C)C)C2=O)cc1. The van der Waals surface area contributed by atoms with Gasteiger partial charge < -0.3 is 14.8 Å². The maximum Gasteiger partial charge on any atom is 0.294 e. The second-order valence-electron chi connectivity index (χ2n) is 7.29. The van der Waals surface area contributed by atoms with Crippen LogP contribution in [0.4, 0.5) is 10.5 Å². The summed E-state index contributed by atoms with van der Waals surface area (Å²) in [5, 5.41) is 2.19. The summed E-state index contributed by atoms with van der Waals surface area (Å²) in [5.41, 5.74) is 1.25. The third-order valence-corrected chi connectivity index (χ3v) is 5.23. The number of thioether (sulfide) groups is 1. The number of hydrogen-bond acceptors (Lipinski definition) is 6. The molecule has 2 aromatic carbocycles. The fourth-order valence-electron chi connectivity index (χ4n) is 2.78. The summed E-state index contributed by atoms with van der Waals surface area (Å²) in [6.07, 6.45) is 1.63. The average Bonchev–Trinajstić information content (AvgIpc) is 3.01. The largest absolute Gasteiger partial charge is 0.497 e. The molecule has 7 nitrogen and oxygen atoms in total. The minimum Gasteiger partial charge on any atom is -0.497 e. The number of benzene rings is 2. The van der Waals surface area contributed by atoms with E-state index in [0.29, 0.717) is 35.3 Å². The van der Waals surface area contributed by atoms with Crippen molar-refractivity contribution in [1.82, 2.24) is 4.90 Å². The van der Waals surface area contributed by atoms with Crippen molar-refractivity contribution in [3.8, 4) is 11.5 Å². The van der Waals surface area contributed by atoms with Gasteiger partial charge in [-0.15, -0.1) is 0 Å². The highest BCUT2D eigenvalue weighted by atomic mass is 32.2. The van der Waals surface area contributed by atoms with Crippen molar-refractivity contribution in [1.29, 1.82) is 0 Å². The summed E-state index contributed by atoms with van der Waals surface area (Å²) in [5.74, 6) is 0.685. The highest BCUT2D eigenvalue weighted by Gasteiger charge is 2.36. The Balaban J connectivity index is 1.68. The van der Waals surface area contributed by atoms with Gasteiger partial charge in [-0.1, -0.05) is 32.0 Å². The molecule has 8 heteroatoms. The molecule has 0 aromatic heterocycles. The topological polar surface area (TPSA) is 84.9 Å². The van der Waals surface area contributed by atoms with Gasteiger partial charge in [-0.3, -0.25) is 19.3 Å². The molecule has 2 aromatic rings. The molecule has 0 spiro atoms. The van der Waals surface area contributed by atoms with Gasteiger partial charge in [-0.2, -0.15) is 0 Å². The molecule has 1 aliphatic heterocycles. The van der Waals surface area contributed by atoms with Crippen molar-refractivity contribution in [2.75, 3.05) is 25.6 Å². The van der Waals surface area contributed by atoms with E-state index in [1.165, 1.54) is 0 Å². The van der Waals surface area contributed by atoms with E-state index in [-0.39, 0.29) is 11.4 Å². The molecule has 31 heavy (non-hydrogen) atoms. The van der Waals surface area contributed by atoms with Gasteiger partial charge in [-0.05, 0) is 54.1 Å². The van der Waals surface area contributed by atoms with Crippen molar-refractivity contribution in [2.24, 2.45) is 5.92 Å². The number of anilines is 1. The normalized spacial score (nSPS) is 15.0. The van der Waals surface area contributed by atoms with Crippen LogP contribution in [-0.4, -0.2) is 42.2 Å². The molecular formula is C23H24N2O5S. The number of imide groups is 1. The Bertz CT molecular complexity index is 1000. The molecule has 0 saturated carbocycles. The molecule has 0 bridgehead atoms. The highest BCUT2D eigenvalue weighted by molar-refractivity contribution is 8.18. The number of nitrogens with zero attached hydrogens (tertiary/aromatic N) is 1. The van der Waals surface area contributed by atoms with Gasteiger partial charge in [0.1, 0.15) is 18.0 Å². The Morgan fingerprint density at radius 3 is 2.52 bits per heavy atom. The van der Waals surface area contributed by atoms with Gasteiger partial charge in [0, 0.05) is 11.3 Å². The number of carbonyl (C=O) groups excluding carboxylic acids is 3. The average molecular weight is 441 g/mol. The molecule has 1 N–H and O–H groups in total. The van der Waals surface area contributed by atoms with E-state index in [1.807, 2.05) is 38.1 Å². The Kier molecular flexibility index (Phi) is 7.36. The maximum absolute atomic E-state index is 12.7. The van der Waals surface area contributed by atoms with E-state index in [2.05, 4.69) is 5.32 Å². The minimum atomic E-state index is -0.501. The van der Waals surface area contributed by atoms with Gasteiger partial charge in [0.15, 0.2) is 0 Å². The Hall–Kier alpha value is -3.26. The molecule has 0 unspecified atom stereocenters. The first-order chi connectivity index (χ1) is 14.9. The predicted octanol–water partition coefficient (Wildman–Crippen LogP) is 4.41. The first-order valence-corrected chi connectivity index (χ1v) is 10.6. The number of methoxy groups -OCH3 is 1. The van der Waals surface area contributed by atoms with E-state index in [4.69, 9.17) is 9.47 Å². The Morgan fingerprint density at radius 1 is 1.13 bits per heavy atom. The van der Waals surface area contributed by atoms with Gasteiger partial charge in [-0.25, -0.2) is 0 Å². The summed E-state index contributed by atoms with van der Waals surface area (Å²) in [7, 11) is 1.55. The summed E-state index contributed by atoms with van der Waals surface area (Å²) in [6, 6.07) is 14.1. The zero-order valence-corrected chi connectivity index (χ0v) is 18.4. The number of para-hydroxylation sites is 1. The number of rotatable bonds is 8. The number of nitrogens with one attached hydrogen (secondary N) is 1. The third kappa shape index (κ3) is 5.88. The minimum absolute atomic E-state index is 0.253.